The highest BCUT2D eigenvalue weighted by Crippen LogP contribution is 2.15. The molecule has 1 aromatic rings. The number of carbonyl (C=O) groups is 1. The maximum absolute atomic E-state index is 11.9. The summed E-state index contributed by atoms with van der Waals surface area (Å²) in [5.74, 6) is 0.970. The van der Waals surface area contributed by atoms with Gasteiger partial charge in [-0.2, -0.15) is 11.8 Å². The van der Waals surface area contributed by atoms with Gasteiger partial charge in [0.05, 0.1) is 6.04 Å². The largest absolute Gasteiger partial charge is 0.444 e. The zero-order chi connectivity index (χ0) is 16.6. The van der Waals surface area contributed by atoms with E-state index in [2.05, 4.69) is 16.9 Å². The summed E-state index contributed by atoms with van der Waals surface area (Å²) in [4.78, 5) is 11.9. The van der Waals surface area contributed by atoms with Gasteiger partial charge in [0.2, 0.25) is 0 Å². The molecule has 0 saturated carbocycles. The molecule has 0 aliphatic heterocycles. The van der Waals surface area contributed by atoms with Crippen LogP contribution in [0.2, 0.25) is 5.02 Å². The Balaban J connectivity index is 2.54. The van der Waals surface area contributed by atoms with E-state index in [1.807, 2.05) is 45.0 Å². The lowest BCUT2D eigenvalue weighted by molar-refractivity contribution is 0.0506. The number of halogens is 1. The van der Waals surface area contributed by atoms with Gasteiger partial charge in [-0.15, -0.1) is 0 Å². The van der Waals surface area contributed by atoms with E-state index in [1.165, 1.54) is 0 Å². The molecule has 0 aromatic heterocycles. The smallest absolute Gasteiger partial charge is 0.407 e. The Kier molecular flexibility index (Phi) is 7.90. The van der Waals surface area contributed by atoms with Gasteiger partial charge in [-0.3, -0.25) is 0 Å². The van der Waals surface area contributed by atoms with E-state index < -0.39 is 5.60 Å². The minimum absolute atomic E-state index is 0.00119. The summed E-state index contributed by atoms with van der Waals surface area (Å²) in [7, 11) is 0. The molecule has 0 spiro atoms. The zero-order valence-corrected chi connectivity index (χ0v) is 15.2. The third-order valence-corrected chi connectivity index (χ3v) is 3.65. The first-order chi connectivity index (χ1) is 10.3. The van der Waals surface area contributed by atoms with E-state index >= 15 is 0 Å². The first-order valence-corrected chi connectivity index (χ1v) is 9.05. The number of hydrogen-bond acceptors (Lipinski definition) is 4. The van der Waals surface area contributed by atoms with Crippen molar-refractivity contribution in [2.75, 3.05) is 23.9 Å². The molecule has 4 nitrogen and oxygen atoms in total. The van der Waals surface area contributed by atoms with Crippen LogP contribution >= 0.6 is 23.4 Å². The van der Waals surface area contributed by atoms with Crippen LogP contribution in [0.3, 0.4) is 0 Å². The van der Waals surface area contributed by atoms with Crippen molar-refractivity contribution in [1.82, 2.24) is 5.32 Å². The Morgan fingerprint density at radius 1 is 1.41 bits per heavy atom. The van der Waals surface area contributed by atoms with Crippen LogP contribution in [-0.4, -0.2) is 36.3 Å². The molecule has 1 amide bonds. The van der Waals surface area contributed by atoms with Crippen molar-refractivity contribution in [3.8, 4) is 0 Å². The van der Waals surface area contributed by atoms with E-state index in [-0.39, 0.29) is 12.1 Å². The van der Waals surface area contributed by atoms with Gasteiger partial charge in [0.25, 0.3) is 0 Å². The number of hydrogen-bond donors (Lipinski definition) is 2. The Bertz CT molecular complexity index is 477. The number of nitrogens with one attached hydrogen (secondary N) is 2. The third kappa shape index (κ3) is 8.39. The minimum atomic E-state index is -0.492. The van der Waals surface area contributed by atoms with Gasteiger partial charge in [0.1, 0.15) is 5.60 Å². The molecule has 1 atom stereocenters. The van der Waals surface area contributed by atoms with Crippen LogP contribution in [0.5, 0.6) is 0 Å². The number of thioether (sulfide) groups is 1. The van der Waals surface area contributed by atoms with E-state index in [0.29, 0.717) is 11.6 Å². The highest BCUT2D eigenvalue weighted by atomic mass is 35.5. The number of alkyl carbamates (subject to hydrolysis) is 1. The number of amides is 1. The molecule has 0 aliphatic carbocycles. The lowest BCUT2D eigenvalue weighted by atomic mass is 10.2. The summed E-state index contributed by atoms with van der Waals surface area (Å²) in [6, 6.07) is 7.53. The van der Waals surface area contributed by atoms with Crippen molar-refractivity contribution in [2.24, 2.45) is 0 Å². The molecule has 1 aromatic carbocycles. The second kappa shape index (κ2) is 9.16. The Morgan fingerprint density at radius 2 is 2.14 bits per heavy atom. The van der Waals surface area contributed by atoms with Crippen LogP contribution in [0.25, 0.3) is 0 Å². The molecule has 1 rings (SSSR count). The maximum atomic E-state index is 11.9. The molecule has 1 unspecified atom stereocenters. The van der Waals surface area contributed by atoms with Crippen molar-refractivity contribution in [2.45, 2.75) is 38.8 Å². The summed E-state index contributed by atoms with van der Waals surface area (Å²) in [5.41, 5.74) is 0.446. The monoisotopic (exact) mass is 344 g/mol. The van der Waals surface area contributed by atoms with Gasteiger partial charge in [-0.1, -0.05) is 17.7 Å². The average Bonchev–Trinajstić information content (AvgIpc) is 2.40. The fraction of sp³-hybridized carbons (Fsp3) is 0.562. The molecule has 2 N–H and O–H groups in total. The highest BCUT2D eigenvalue weighted by Gasteiger charge is 2.19. The minimum Gasteiger partial charge on any atom is -0.444 e. The third-order valence-electron chi connectivity index (χ3n) is 2.77. The van der Waals surface area contributed by atoms with Gasteiger partial charge in [-0.05, 0) is 57.4 Å². The summed E-state index contributed by atoms with van der Waals surface area (Å²) < 4.78 is 5.31. The highest BCUT2D eigenvalue weighted by molar-refractivity contribution is 7.98. The van der Waals surface area contributed by atoms with Gasteiger partial charge in [0, 0.05) is 17.3 Å². The van der Waals surface area contributed by atoms with E-state index in [4.69, 9.17) is 16.3 Å². The number of ether oxygens (including phenoxy) is 1. The summed E-state index contributed by atoms with van der Waals surface area (Å²) in [6.07, 6.45) is 2.54. The van der Waals surface area contributed by atoms with E-state index in [9.17, 15) is 4.79 Å². The lowest BCUT2D eigenvalue weighted by Crippen LogP contribution is -2.42. The van der Waals surface area contributed by atoms with E-state index in [0.717, 1.165) is 17.9 Å². The van der Waals surface area contributed by atoms with Crippen molar-refractivity contribution >= 4 is 35.1 Å². The standard InChI is InChI=1S/C16H25ClN2O2S/c1-16(2,3)21-15(20)19-14(8-9-22-4)11-18-13-7-5-6-12(17)10-13/h5-7,10,14,18H,8-9,11H2,1-4H3,(H,19,20). The Morgan fingerprint density at radius 3 is 2.73 bits per heavy atom. The fourth-order valence-corrected chi connectivity index (χ4v) is 2.51. The van der Waals surface area contributed by atoms with Crippen LogP contribution in [0.15, 0.2) is 24.3 Å². The lowest BCUT2D eigenvalue weighted by Gasteiger charge is -2.24. The van der Waals surface area contributed by atoms with Crippen molar-refractivity contribution in [1.29, 1.82) is 0 Å². The van der Waals surface area contributed by atoms with Crippen LogP contribution in [-0.2, 0) is 4.74 Å². The van der Waals surface area contributed by atoms with Gasteiger partial charge >= 0.3 is 6.09 Å². The number of benzene rings is 1. The molecule has 0 fully saturated rings. The second-order valence-corrected chi connectivity index (χ2v) is 7.44. The number of anilines is 1. The van der Waals surface area contributed by atoms with Crippen molar-refractivity contribution < 1.29 is 9.53 Å². The van der Waals surface area contributed by atoms with E-state index in [1.54, 1.807) is 11.8 Å². The first kappa shape index (κ1) is 19.0. The molecule has 22 heavy (non-hydrogen) atoms. The molecular formula is C16H25ClN2O2S. The van der Waals surface area contributed by atoms with Crippen LogP contribution in [0, 0.1) is 0 Å². The van der Waals surface area contributed by atoms with Crippen molar-refractivity contribution in [3.63, 3.8) is 0 Å². The fourth-order valence-electron chi connectivity index (χ4n) is 1.80. The molecular weight excluding hydrogens is 320 g/mol. The van der Waals surface area contributed by atoms with Crippen LogP contribution < -0.4 is 10.6 Å². The summed E-state index contributed by atoms with van der Waals surface area (Å²) in [5, 5.41) is 6.91. The summed E-state index contributed by atoms with van der Waals surface area (Å²) in [6.45, 7) is 6.19. The molecule has 0 radical (unpaired) electrons. The molecule has 0 bridgehead atoms. The number of rotatable bonds is 7. The van der Waals surface area contributed by atoms with Gasteiger partial charge < -0.3 is 15.4 Å². The maximum Gasteiger partial charge on any atom is 0.407 e. The molecule has 0 heterocycles. The van der Waals surface area contributed by atoms with Gasteiger partial charge in [0.15, 0.2) is 0 Å². The SMILES string of the molecule is CSCCC(CNc1cccc(Cl)c1)NC(=O)OC(C)(C)C. The Hall–Kier alpha value is -1.07. The van der Waals surface area contributed by atoms with Crippen LogP contribution in [0.1, 0.15) is 27.2 Å². The predicted octanol–water partition coefficient (Wildman–Crippen LogP) is 4.40. The molecule has 124 valence electrons. The normalized spacial score (nSPS) is 12.6. The first-order valence-electron chi connectivity index (χ1n) is 7.28. The zero-order valence-electron chi connectivity index (χ0n) is 13.6. The predicted molar refractivity (Wildman–Crippen MR) is 96.1 cm³/mol. The van der Waals surface area contributed by atoms with Gasteiger partial charge in [-0.25, -0.2) is 4.79 Å². The second-order valence-electron chi connectivity index (χ2n) is 6.02. The molecule has 6 heteroatoms. The Labute approximate surface area is 142 Å². The average molecular weight is 345 g/mol. The summed E-state index contributed by atoms with van der Waals surface area (Å²) >= 11 is 7.72. The molecule has 0 aliphatic rings. The quantitative estimate of drug-likeness (QED) is 0.769. The number of carbonyl (C=O) groups excluding carboxylic acids is 1. The van der Waals surface area contributed by atoms with Crippen LogP contribution in [0.4, 0.5) is 10.5 Å². The topological polar surface area (TPSA) is 50.4 Å². The van der Waals surface area contributed by atoms with Crippen molar-refractivity contribution in [3.05, 3.63) is 29.3 Å². The molecule has 0 saturated heterocycles.